The van der Waals surface area contributed by atoms with Crippen molar-refractivity contribution in [1.29, 1.82) is 0 Å². The number of nitrogens with zero attached hydrogens (tertiary/aromatic N) is 2. The third-order valence-electron chi connectivity index (χ3n) is 2.88. The van der Waals surface area contributed by atoms with Crippen LogP contribution in [0.25, 0.3) is 0 Å². The van der Waals surface area contributed by atoms with Gasteiger partial charge in [0.1, 0.15) is 0 Å². The van der Waals surface area contributed by atoms with Gasteiger partial charge in [0.2, 0.25) is 0 Å². The number of likely N-dealkylation sites (N-methyl/N-ethyl adjacent to an activating group) is 1. The normalized spacial score (nSPS) is 20.8. The molecule has 0 saturated carbocycles. The minimum atomic E-state index is 0.421. The van der Waals surface area contributed by atoms with Gasteiger partial charge >= 0.3 is 0 Å². The van der Waals surface area contributed by atoms with Crippen molar-refractivity contribution in [2.45, 2.75) is 32.4 Å². The molecule has 1 aliphatic heterocycles. The van der Waals surface area contributed by atoms with E-state index < -0.39 is 0 Å². The molecule has 0 bridgehead atoms. The summed E-state index contributed by atoms with van der Waals surface area (Å²) in [5.74, 6) is 0. The summed E-state index contributed by atoms with van der Waals surface area (Å²) in [6, 6.07) is 0. The van der Waals surface area contributed by atoms with Gasteiger partial charge in [0, 0.05) is 30.8 Å². The van der Waals surface area contributed by atoms with Crippen LogP contribution in [0.5, 0.6) is 0 Å². The Morgan fingerprint density at radius 2 is 2.56 bits per heavy atom. The summed E-state index contributed by atoms with van der Waals surface area (Å²) in [6.07, 6.45) is 4.69. The van der Waals surface area contributed by atoms with Gasteiger partial charge < -0.3 is 10.5 Å². The molecule has 0 aliphatic carbocycles. The number of thiazole rings is 1. The predicted octanol–water partition coefficient (Wildman–Crippen LogP) is 1.73. The summed E-state index contributed by atoms with van der Waals surface area (Å²) in [4.78, 5) is 7.70. The maximum absolute atomic E-state index is 5.65. The number of ether oxygens (including phenoxy) is 1. The lowest BCUT2D eigenvalue weighted by atomic mass is 10.2. The first-order valence-corrected chi connectivity index (χ1v) is 6.63. The van der Waals surface area contributed by atoms with Gasteiger partial charge in [-0.05, 0) is 19.4 Å². The van der Waals surface area contributed by atoms with Crippen LogP contribution in [0.4, 0.5) is 5.13 Å². The molecule has 0 amide bonds. The van der Waals surface area contributed by atoms with E-state index in [1.54, 1.807) is 11.3 Å². The molecule has 1 unspecified atom stereocenters. The van der Waals surface area contributed by atoms with Crippen molar-refractivity contribution < 1.29 is 4.74 Å². The average Bonchev–Trinajstić information content (AvgIpc) is 2.89. The third kappa shape index (κ3) is 3.17. The van der Waals surface area contributed by atoms with Gasteiger partial charge in [-0.1, -0.05) is 6.92 Å². The van der Waals surface area contributed by atoms with Gasteiger partial charge in [-0.15, -0.1) is 11.3 Å². The Kier molecular flexibility index (Phi) is 4.15. The monoisotopic (exact) mass is 241 g/mol. The van der Waals surface area contributed by atoms with E-state index in [0.717, 1.165) is 26.2 Å². The van der Waals surface area contributed by atoms with Gasteiger partial charge in [0.15, 0.2) is 5.13 Å². The molecule has 1 fully saturated rings. The first-order chi connectivity index (χ1) is 7.78. The standard InChI is InChI=1S/C11H19N3OS/c1-2-14(7-9-4-3-5-15-9)8-10-6-13-11(12)16-10/h6,9H,2-5,7-8H2,1H3,(H2,12,13). The van der Waals surface area contributed by atoms with Crippen molar-refractivity contribution in [3.05, 3.63) is 11.1 Å². The molecule has 0 aromatic carbocycles. The Morgan fingerprint density at radius 3 is 3.12 bits per heavy atom. The van der Waals surface area contributed by atoms with Crippen LogP contribution in [-0.2, 0) is 11.3 Å². The summed E-state index contributed by atoms with van der Waals surface area (Å²) in [5.41, 5.74) is 5.62. The molecule has 0 radical (unpaired) electrons. The highest BCUT2D eigenvalue weighted by atomic mass is 32.1. The van der Waals surface area contributed by atoms with E-state index in [9.17, 15) is 0 Å². The Hall–Kier alpha value is -0.650. The van der Waals surface area contributed by atoms with Crippen LogP contribution >= 0.6 is 11.3 Å². The Bertz CT molecular complexity index is 323. The smallest absolute Gasteiger partial charge is 0.180 e. The molecule has 1 aliphatic rings. The van der Waals surface area contributed by atoms with E-state index in [-0.39, 0.29) is 0 Å². The number of hydrogen-bond donors (Lipinski definition) is 1. The summed E-state index contributed by atoms with van der Waals surface area (Å²) < 4.78 is 5.65. The quantitative estimate of drug-likeness (QED) is 0.853. The second kappa shape index (κ2) is 5.61. The van der Waals surface area contributed by atoms with Gasteiger partial charge in [-0.3, -0.25) is 4.90 Å². The Balaban J connectivity index is 1.84. The summed E-state index contributed by atoms with van der Waals surface area (Å²) in [5, 5.41) is 0.656. The summed E-state index contributed by atoms with van der Waals surface area (Å²) in [6.45, 7) is 6.10. The Morgan fingerprint density at radius 1 is 1.69 bits per heavy atom. The maximum Gasteiger partial charge on any atom is 0.180 e. The number of nitrogens with two attached hydrogens (primary N) is 1. The lowest BCUT2D eigenvalue weighted by Gasteiger charge is -2.22. The maximum atomic E-state index is 5.65. The zero-order chi connectivity index (χ0) is 11.4. The molecule has 1 saturated heterocycles. The molecular formula is C11H19N3OS. The highest BCUT2D eigenvalue weighted by molar-refractivity contribution is 7.15. The SMILES string of the molecule is CCN(Cc1cnc(N)s1)CC1CCCO1. The zero-order valence-electron chi connectivity index (χ0n) is 9.69. The average molecular weight is 241 g/mol. The topological polar surface area (TPSA) is 51.4 Å². The van der Waals surface area contributed by atoms with Crippen molar-refractivity contribution in [3.8, 4) is 0 Å². The molecule has 90 valence electrons. The minimum absolute atomic E-state index is 0.421. The molecule has 1 atom stereocenters. The van der Waals surface area contributed by atoms with Crippen LogP contribution in [0.2, 0.25) is 0 Å². The molecule has 1 aromatic rings. The fourth-order valence-electron chi connectivity index (χ4n) is 2.00. The zero-order valence-corrected chi connectivity index (χ0v) is 10.5. The second-order valence-corrected chi connectivity index (χ2v) is 5.27. The number of aromatic nitrogens is 1. The van der Waals surface area contributed by atoms with Crippen LogP contribution in [0.15, 0.2) is 6.20 Å². The molecule has 1 aromatic heterocycles. The molecule has 2 N–H and O–H groups in total. The van der Waals surface area contributed by atoms with E-state index in [1.807, 2.05) is 6.20 Å². The molecule has 16 heavy (non-hydrogen) atoms. The molecule has 2 heterocycles. The lowest BCUT2D eigenvalue weighted by Crippen LogP contribution is -2.31. The highest BCUT2D eigenvalue weighted by Gasteiger charge is 2.18. The number of rotatable bonds is 5. The fraction of sp³-hybridized carbons (Fsp3) is 0.727. The number of anilines is 1. The fourth-order valence-corrected chi connectivity index (χ4v) is 2.72. The first-order valence-electron chi connectivity index (χ1n) is 5.82. The van der Waals surface area contributed by atoms with Crippen LogP contribution < -0.4 is 5.73 Å². The van der Waals surface area contributed by atoms with Crippen molar-refractivity contribution in [2.75, 3.05) is 25.4 Å². The van der Waals surface area contributed by atoms with Crippen LogP contribution in [0, 0.1) is 0 Å². The van der Waals surface area contributed by atoms with Gasteiger partial charge in [-0.2, -0.15) is 0 Å². The molecular weight excluding hydrogens is 222 g/mol. The van der Waals surface area contributed by atoms with Gasteiger partial charge in [0.05, 0.1) is 6.10 Å². The number of nitrogen functional groups attached to an aromatic ring is 1. The van der Waals surface area contributed by atoms with E-state index in [0.29, 0.717) is 11.2 Å². The van der Waals surface area contributed by atoms with Gasteiger partial charge in [-0.25, -0.2) is 4.98 Å². The molecule has 2 rings (SSSR count). The largest absolute Gasteiger partial charge is 0.377 e. The van der Waals surface area contributed by atoms with E-state index >= 15 is 0 Å². The Labute approximate surface area is 100 Å². The van der Waals surface area contributed by atoms with Crippen LogP contribution in [0.1, 0.15) is 24.6 Å². The number of hydrogen-bond acceptors (Lipinski definition) is 5. The first kappa shape index (κ1) is 11.8. The highest BCUT2D eigenvalue weighted by Crippen LogP contribution is 2.18. The van der Waals surface area contributed by atoms with Crippen LogP contribution in [-0.4, -0.2) is 35.7 Å². The molecule has 5 heteroatoms. The molecule has 4 nitrogen and oxygen atoms in total. The van der Waals surface area contributed by atoms with Crippen molar-refractivity contribution >= 4 is 16.5 Å². The predicted molar refractivity (Wildman–Crippen MR) is 66.5 cm³/mol. The van der Waals surface area contributed by atoms with Crippen molar-refractivity contribution in [1.82, 2.24) is 9.88 Å². The second-order valence-electron chi connectivity index (χ2n) is 4.13. The minimum Gasteiger partial charge on any atom is -0.377 e. The van der Waals surface area contributed by atoms with Crippen molar-refractivity contribution in [2.24, 2.45) is 0 Å². The van der Waals surface area contributed by atoms with E-state index in [2.05, 4.69) is 16.8 Å². The van der Waals surface area contributed by atoms with E-state index in [1.165, 1.54) is 17.7 Å². The molecule has 0 spiro atoms. The van der Waals surface area contributed by atoms with Gasteiger partial charge in [0.25, 0.3) is 0 Å². The van der Waals surface area contributed by atoms with E-state index in [4.69, 9.17) is 10.5 Å². The van der Waals surface area contributed by atoms with Crippen molar-refractivity contribution in [3.63, 3.8) is 0 Å². The van der Waals surface area contributed by atoms with Crippen LogP contribution in [0.3, 0.4) is 0 Å². The summed E-state index contributed by atoms with van der Waals surface area (Å²) in [7, 11) is 0. The lowest BCUT2D eigenvalue weighted by molar-refractivity contribution is 0.0728. The third-order valence-corrected chi connectivity index (χ3v) is 3.70. The summed E-state index contributed by atoms with van der Waals surface area (Å²) >= 11 is 1.57.